The lowest BCUT2D eigenvalue weighted by atomic mass is 10.1. The number of nitro benzene ring substituents is 1. The second kappa shape index (κ2) is 8.95. The van der Waals surface area contributed by atoms with Gasteiger partial charge in [-0.1, -0.05) is 31.2 Å². The van der Waals surface area contributed by atoms with Crippen LogP contribution in [0.1, 0.15) is 34.2 Å². The number of rotatable bonds is 7. The van der Waals surface area contributed by atoms with Crippen LogP contribution in [0.3, 0.4) is 0 Å². The lowest BCUT2D eigenvalue weighted by molar-refractivity contribution is -0.385. The Morgan fingerprint density at radius 1 is 1.17 bits per heavy atom. The molecule has 0 saturated heterocycles. The molecule has 2 aromatic carbocycles. The van der Waals surface area contributed by atoms with Crippen molar-refractivity contribution < 1.29 is 14.5 Å². The van der Waals surface area contributed by atoms with Gasteiger partial charge in [0.15, 0.2) is 12.4 Å². The normalized spacial score (nSPS) is 10.5. The number of ether oxygens (including phenoxy) is 1. The zero-order chi connectivity index (χ0) is 21.7. The van der Waals surface area contributed by atoms with Gasteiger partial charge in [0.1, 0.15) is 0 Å². The SMILES string of the molecule is CCc1ccccc1Nc1nc(N)nc(COC(=O)c2cccc([N+](=O)[O-])c2C)n1. The molecule has 0 aliphatic carbocycles. The molecular weight excluding hydrogens is 388 g/mol. The number of nitrogen functional groups attached to an aromatic ring is 1. The van der Waals surface area contributed by atoms with Crippen molar-refractivity contribution in [2.24, 2.45) is 0 Å². The molecule has 10 heteroatoms. The van der Waals surface area contributed by atoms with Gasteiger partial charge in [-0.25, -0.2) is 4.79 Å². The topological polar surface area (TPSA) is 146 Å². The largest absolute Gasteiger partial charge is 0.454 e. The van der Waals surface area contributed by atoms with Crippen LogP contribution < -0.4 is 11.1 Å². The predicted molar refractivity (Wildman–Crippen MR) is 110 cm³/mol. The maximum absolute atomic E-state index is 12.4. The van der Waals surface area contributed by atoms with Gasteiger partial charge >= 0.3 is 5.97 Å². The molecule has 3 aromatic rings. The lowest BCUT2D eigenvalue weighted by Gasteiger charge is -2.11. The van der Waals surface area contributed by atoms with Crippen LogP contribution in [0.4, 0.5) is 23.3 Å². The summed E-state index contributed by atoms with van der Waals surface area (Å²) in [6, 6.07) is 11.9. The number of hydrogen-bond acceptors (Lipinski definition) is 9. The molecule has 0 unspecified atom stereocenters. The number of nitrogens with two attached hydrogens (primary N) is 1. The summed E-state index contributed by atoms with van der Waals surface area (Å²) in [6.07, 6.45) is 0.816. The van der Waals surface area contributed by atoms with Gasteiger partial charge in [0.05, 0.1) is 10.5 Å². The minimum absolute atomic E-state index is 0.0286. The van der Waals surface area contributed by atoms with Crippen LogP contribution in [0.2, 0.25) is 0 Å². The van der Waals surface area contributed by atoms with Crippen molar-refractivity contribution in [2.45, 2.75) is 26.9 Å². The first-order chi connectivity index (χ1) is 14.4. The van der Waals surface area contributed by atoms with Crippen molar-refractivity contribution in [1.82, 2.24) is 15.0 Å². The quantitative estimate of drug-likeness (QED) is 0.341. The molecule has 1 aromatic heterocycles. The molecule has 3 N–H and O–H groups in total. The number of nitrogens with one attached hydrogen (secondary N) is 1. The van der Waals surface area contributed by atoms with Crippen molar-refractivity contribution in [1.29, 1.82) is 0 Å². The second-order valence-electron chi connectivity index (χ2n) is 6.35. The van der Waals surface area contributed by atoms with Gasteiger partial charge in [-0.15, -0.1) is 0 Å². The molecule has 0 bridgehead atoms. The van der Waals surface area contributed by atoms with E-state index in [4.69, 9.17) is 10.5 Å². The number of aryl methyl sites for hydroxylation is 1. The molecule has 0 amide bonds. The molecule has 0 saturated carbocycles. The van der Waals surface area contributed by atoms with E-state index in [0.29, 0.717) is 0 Å². The van der Waals surface area contributed by atoms with E-state index in [1.165, 1.54) is 25.1 Å². The Labute approximate surface area is 172 Å². The number of anilines is 3. The molecule has 1 heterocycles. The standard InChI is InChI=1S/C20H20N6O4/c1-3-13-7-4-5-9-15(13)22-20-24-17(23-19(21)25-20)11-30-18(27)14-8-6-10-16(12(14)2)26(28)29/h4-10H,3,11H2,1-2H3,(H3,21,22,23,24,25). The fraction of sp³-hybridized carbons (Fsp3) is 0.200. The molecule has 0 fully saturated rings. The molecular formula is C20H20N6O4. The number of carbonyl (C=O) groups excluding carboxylic acids is 1. The van der Waals surface area contributed by atoms with Crippen LogP contribution in [0.25, 0.3) is 0 Å². The molecule has 30 heavy (non-hydrogen) atoms. The van der Waals surface area contributed by atoms with Crippen LogP contribution in [0.15, 0.2) is 42.5 Å². The summed E-state index contributed by atoms with van der Waals surface area (Å²) in [6.45, 7) is 3.25. The third kappa shape index (κ3) is 4.66. The average Bonchev–Trinajstić information content (AvgIpc) is 2.72. The number of benzene rings is 2. The van der Waals surface area contributed by atoms with Gasteiger partial charge in [0.2, 0.25) is 11.9 Å². The number of hydrogen-bond donors (Lipinski definition) is 2. The van der Waals surface area contributed by atoms with Gasteiger partial charge in [-0.2, -0.15) is 15.0 Å². The molecule has 0 atom stereocenters. The highest BCUT2D eigenvalue weighted by molar-refractivity contribution is 5.92. The van der Waals surface area contributed by atoms with Gasteiger partial charge in [0, 0.05) is 17.3 Å². The van der Waals surface area contributed by atoms with E-state index in [2.05, 4.69) is 20.3 Å². The minimum Gasteiger partial charge on any atom is -0.454 e. The summed E-state index contributed by atoms with van der Waals surface area (Å²) in [5.74, 6) is -0.378. The van der Waals surface area contributed by atoms with E-state index >= 15 is 0 Å². The Bertz CT molecular complexity index is 1100. The Balaban J connectivity index is 1.76. The van der Waals surface area contributed by atoms with E-state index in [0.717, 1.165) is 17.7 Å². The Morgan fingerprint density at radius 2 is 1.93 bits per heavy atom. The maximum Gasteiger partial charge on any atom is 0.339 e. The molecule has 0 aliphatic heterocycles. The monoisotopic (exact) mass is 408 g/mol. The number of esters is 1. The summed E-state index contributed by atoms with van der Waals surface area (Å²) >= 11 is 0. The Morgan fingerprint density at radius 3 is 2.67 bits per heavy atom. The van der Waals surface area contributed by atoms with E-state index in [-0.39, 0.29) is 41.1 Å². The summed E-state index contributed by atoms with van der Waals surface area (Å²) in [4.78, 5) is 35.2. The number of carbonyl (C=O) groups is 1. The number of aromatic nitrogens is 3. The van der Waals surface area contributed by atoms with E-state index in [9.17, 15) is 14.9 Å². The van der Waals surface area contributed by atoms with Crippen molar-refractivity contribution in [3.8, 4) is 0 Å². The first-order valence-corrected chi connectivity index (χ1v) is 9.15. The first kappa shape index (κ1) is 20.6. The highest BCUT2D eigenvalue weighted by atomic mass is 16.6. The number of para-hydroxylation sites is 1. The highest BCUT2D eigenvalue weighted by Crippen LogP contribution is 2.22. The van der Waals surface area contributed by atoms with Crippen LogP contribution >= 0.6 is 0 Å². The van der Waals surface area contributed by atoms with Crippen LogP contribution in [-0.4, -0.2) is 25.8 Å². The maximum atomic E-state index is 12.4. The Hall–Kier alpha value is -4.08. The molecule has 10 nitrogen and oxygen atoms in total. The fourth-order valence-corrected chi connectivity index (χ4v) is 2.88. The van der Waals surface area contributed by atoms with Crippen molar-refractivity contribution in [3.63, 3.8) is 0 Å². The van der Waals surface area contributed by atoms with Gasteiger partial charge in [0.25, 0.3) is 5.69 Å². The molecule has 3 rings (SSSR count). The molecule has 0 spiro atoms. The van der Waals surface area contributed by atoms with Crippen molar-refractivity contribution >= 4 is 29.2 Å². The summed E-state index contributed by atoms with van der Waals surface area (Å²) < 4.78 is 5.24. The van der Waals surface area contributed by atoms with Gasteiger partial charge in [-0.3, -0.25) is 10.1 Å². The average molecular weight is 408 g/mol. The van der Waals surface area contributed by atoms with E-state index in [1.54, 1.807) is 0 Å². The number of nitro groups is 1. The minimum atomic E-state index is -0.721. The predicted octanol–water partition coefficient (Wildman–Crippen LogP) is 3.33. The van der Waals surface area contributed by atoms with Crippen LogP contribution in [-0.2, 0) is 17.8 Å². The van der Waals surface area contributed by atoms with Crippen LogP contribution in [0.5, 0.6) is 0 Å². The molecule has 0 radical (unpaired) electrons. The Kier molecular flexibility index (Phi) is 6.16. The molecule has 154 valence electrons. The third-order valence-corrected chi connectivity index (χ3v) is 4.40. The van der Waals surface area contributed by atoms with Crippen molar-refractivity contribution in [2.75, 3.05) is 11.1 Å². The lowest BCUT2D eigenvalue weighted by Crippen LogP contribution is -2.12. The summed E-state index contributed by atoms with van der Waals surface area (Å²) in [5.41, 5.74) is 7.83. The zero-order valence-electron chi connectivity index (χ0n) is 16.5. The fourth-order valence-electron chi connectivity index (χ4n) is 2.88. The molecule has 0 aliphatic rings. The summed E-state index contributed by atoms with van der Waals surface area (Å²) in [7, 11) is 0. The highest BCUT2D eigenvalue weighted by Gasteiger charge is 2.19. The summed E-state index contributed by atoms with van der Waals surface area (Å²) in [5, 5.41) is 14.1. The van der Waals surface area contributed by atoms with Crippen LogP contribution in [0, 0.1) is 17.0 Å². The first-order valence-electron chi connectivity index (χ1n) is 9.15. The van der Waals surface area contributed by atoms with Crippen molar-refractivity contribution in [3.05, 3.63) is 75.1 Å². The third-order valence-electron chi connectivity index (χ3n) is 4.40. The number of nitrogens with zero attached hydrogens (tertiary/aromatic N) is 4. The van der Waals surface area contributed by atoms with Gasteiger partial charge in [-0.05, 0) is 31.0 Å². The second-order valence-corrected chi connectivity index (χ2v) is 6.35. The van der Waals surface area contributed by atoms with Gasteiger partial charge < -0.3 is 15.8 Å². The van der Waals surface area contributed by atoms with E-state index < -0.39 is 10.9 Å². The van der Waals surface area contributed by atoms with E-state index in [1.807, 2.05) is 31.2 Å². The smallest absolute Gasteiger partial charge is 0.339 e. The zero-order valence-corrected chi connectivity index (χ0v) is 16.5.